The summed E-state index contributed by atoms with van der Waals surface area (Å²) in [6, 6.07) is -0.381. The number of halogens is 3. The summed E-state index contributed by atoms with van der Waals surface area (Å²) in [4.78, 5) is 0.250. The molecule has 1 rings (SSSR count). The van der Waals surface area contributed by atoms with E-state index in [4.69, 9.17) is 18.0 Å². The number of rotatable bonds is 6. The Labute approximate surface area is 116 Å². The van der Waals surface area contributed by atoms with Crippen LogP contribution in [0, 0.1) is 5.92 Å². The predicted molar refractivity (Wildman–Crippen MR) is 70.1 cm³/mol. The van der Waals surface area contributed by atoms with Crippen molar-refractivity contribution in [2.75, 3.05) is 5.75 Å². The summed E-state index contributed by atoms with van der Waals surface area (Å²) in [7, 11) is -3.72. The van der Waals surface area contributed by atoms with Gasteiger partial charge in [-0.2, -0.15) is 13.2 Å². The maximum absolute atomic E-state index is 12.0. The average molecular weight is 318 g/mol. The first-order chi connectivity index (χ1) is 8.61. The van der Waals surface area contributed by atoms with Gasteiger partial charge in [0.2, 0.25) is 10.0 Å². The predicted octanol–water partition coefficient (Wildman–Crippen LogP) is 1.70. The second kappa shape index (κ2) is 6.36. The van der Waals surface area contributed by atoms with E-state index in [9.17, 15) is 21.6 Å². The van der Waals surface area contributed by atoms with E-state index in [1.54, 1.807) is 0 Å². The molecule has 1 saturated carbocycles. The van der Waals surface area contributed by atoms with Crippen molar-refractivity contribution in [1.82, 2.24) is 4.72 Å². The van der Waals surface area contributed by atoms with Gasteiger partial charge in [-0.05, 0) is 19.3 Å². The van der Waals surface area contributed by atoms with Gasteiger partial charge in [0.25, 0.3) is 0 Å². The molecule has 1 aliphatic rings. The third-order valence-corrected chi connectivity index (χ3v) is 4.88. The second-order valence-electron chi connectivity index (χ2n) is 4.70. The van der Waals surface area contributed by atoms with Gasteiger partial charge in [0.05, 0.1) is 10.7 Å². The zero-order chi connectivity index (χ0) is 14.7. The third-order valence-electron chi connectivity index (χ3n) is 3.09. The number of alkyl halides is 3. The highest BCUT2D eigenvalue weighted by Gasteiger charge is 2.33. The van der Waals surface area contributed by atoms with Crippen LogP contribution in [-0.4, -0.2) is 31.4 Å². The highest BCUT2D eigenvalue weighted by atomic mass is 32.2. The van der Waals surface area contributed by atoms with Crippen molar-refractivity contribution >= 4 is 27.2 Å². The number of thiocarbonyl (C=S) groups is 1. The largest absolute Gasteiger partial charge is 0.393 e. The molecule has 0 saturated heterocycles. The molecule has 1 aliphatic carbocycles. The molecule has 112 valence electrons. The number of nitrogens with two attached hydrogens (primary N) is 1. The fraction of sp³-hybridized carbons (Fsp3) is 0.900. The minimum Gasteiger partial charge on any atom is -0.393 e. The normalized spacial score (nSPS) is 24.6. The molecule has 0 aliphatic heterocycles. The number of sulfonamides is 1. The molecule has 0 radical (unpaired) electrons. The van der Waals surface area contributed by atoms with E-state index in [0.29, 0.717) is 12.8 Å². The summed E-state index contributed by atoms with van der Waals surface area (Å²) >= 11 is 4.85. The molecule has 0 bridgehead atoms. The Morgan fingerprint density at radius 2 is 2.00 bits per heavy atom. The van der Waals surface area contributed by atoms with E-state index >= 15 is 0 Å². The van der Waals surface area contributed by atoms with Gasteiger partial charge in [-0.3, -0.25) is 0 Å². The van der Waals surface area contributed by atoms with Crippen molar-refractivity contribution in [2.45, 2.75) is 44.3 Å². The van der Waals surface area contributed by atoms with E-state index in [-0.39, 0.29) is 16.9 Å². The second-order valence-corrected chi connectivity index (χ2v) is 7.05. The lowest BCUT2D eigenvalue weighted by Gasteiger charge is -2.19. The van der Waals surface area contributed by atoms with E-state index in [1.165, 1.54) is 0 Å². The first kappa shape index (κ1) is 16.6. The van der Waals surface area contributed by atoms with Crippen molar-refractivity contribution < 1.29 is 21.6 Å². The summed E-state index contributed by atoms with van der Waals surface area (Å²) in [6.07, 6.45) is -3.74. The monoisotopic (exact) mass is 318 g/mol. The molecule has 0 aromatic carbocycles. The Bertz CT molecular complexity index is 423. The van der Waals surface area contributed by atoms with Crippen molar-refractivity contribution in [3.8, 4) is 0 Å². The molecule has 3 N–H and O–H groups in total. The van der Waals surface area contributed by atoms with Crippen LogP contribution in [0.25, 0.3) is 0 Å². The lowest BCUT2D eigenvalue weighted by molar-refractivity contribution is -0.134. The Balaban J connectivity index is 2.48. The van der Waals surface area contributed by atoms with Gasteiger partial charge in [0.15, 0.2) is 0 Å². The average Bonchev–Trinajstić information content (AvgIpc) is 2.62. The highest BCUT2D eigenvalue weighted by Crippen LogP contribution is 2.27. The SMILES string of the molecule is NC(=S)C1CCCC1NS(=O)(=O)CCCC(F)(F)F. The van der Waals surface area contributed by atoms with Gasteiger partial charge in [0, 0.05) is 18.4 Å². The third kappa shape index (κ3) is 6.05. The lowest BCUT2D eigenvalue weighted by atomic mass is 10.1. The van der Waals surface area contributed by atoms with Gasteiger partial charge in [0.1, 0.15) is 0 Å². The molecule has 0 aromatic heterocycles. The molecule has 4 nitrogen and oxygen atoms in total. The first-order valence-corrected chi connectivity index (χ1v) is 8.03. The topological polar surface area (TPSA) is 72.2 Å². The van der Waals surface area contributed by atoms with Gasteiger partial charge >= 0.3 is 6.18 Å². The van der Waals surface area contributed by atoms with E-state index in [1.807, 2.05) is 0 Å². The molecule has 2 unspecified atom stereocenters. The van der Waals surface area contributed by atoms with Crippen molar-refractivity contribution in [3.05, 3.63) is 0 Å². The van der Waals surface area contributed by atoms with E-state index in [0.717, 1.165) is 6.42 Å². The standard InChI is InChI=1S/C10H17F3N2O2S2/c11-10(12,13)5-2-6-19(16,17)15-8-4-1-3-7(8)9(14)18/h7-8,15H,1-6H2,(H2,14,18). The van der Waals surface area contributed by atoms with Gasteiger partial charge < -0.3 is 5.73 Å². The van der Waals surface area contributed by atoms with Crippen LogP contribution >= 0.6 is 12.2 Å². The molecule has 2 atom stereocenters. The zero-order valence-electron chi connectivity index (χ0n) is 10.2. The summed E-state index contributed by atoms with van der Waals surface area (Å²) in [6.45, 7) is 0. The Kier molecular flexibility index (Phi) is 5.57. The van der Waals surface area contributed by atoms with Crippen molar-refractivity contribution in [2.24, 2.45) is 11.7 Å². The van der Waals surface area contributed by atoms with Gasteiger partial charge in [-0.1, -0.05) is 18.6 Å². The van der Waals surface area contributed by atoms with Gasteiger partial charge in [-0.25, -0.2) is 13.1 Å². The van der Waals surface area contributed by atoms with Crippen LogP contribution in [0.2, 0.25) is 0 Å². The summed E-state index contributed by atoms with van der Waals surface area (Å²) in [5, 5.41) is 0. The molecular weight excluding hydrogens is 301 g/mol. The summed E-state index contributed by atoms with van der Waals surface area (Å²) in [5.74, 6) is -0.736. The van der Waals surface area contributed by atoms with Crippen LogP contribution in [0.1, 0.15) is 32.1 Å². The zero-order valence-corrected chi connectivity index (χ0v) is 11.9. The Morgan fingerprint density at radius 3 is 2.53 bits per heavy atom. The smallest absolute Gasteiger partial charge is 0.389 e. The maximum atomic E-state index is 12.0. The quantitative estimate of drug-likeness (QED) is 0.731. The highest BCUT2D eigenvalue weighted by molar-refractivity contribution is 7.89. The number of hydrogen-bond donors (Lipinski definition) is 2. The molecule has 0 amide bonds. The summed E-state index contributed by atoms with van der Waals surface area (Å²) < 4.78 is 61.6. The van der Waals surface area contributed by atoms with Crippen LogP contribution in [0.15, 0.2) is 0 Å². The van der Waals surface area contributed by atoms with E-state index in [2.05, 4.69) is 4.72 Å². The van der Waals surface area contributed by atoms with Crippen LogP contribution in [0.3, 0.4) is 0 Å². The molecule has 9 heteroatoms. The number of hydrogen-bond acceptors (Lipinski definition) is 3. The van der Waals surface area contributed by atoms with Crippen LogP contribution in [-0.2, 0) is 10.0 Å². The van der Waals surface area contributed by atoms with Gasteiger partial charge in [-0.15, -0.1) is 0 Å². The van der Waals surface area contributed by atoms with Crippen molar-refractivity contribution in [3.63, 3.8) is 0 Å². The van der Waals surface area contributed by atoms with Crippen molar-refractivity contribution in [1.29, 1.82) is 0 Å². The number of nitrogens with one attached hydrogen (secondary N) is 1. The minimum atomic E-state index is -4.33. The van der Waals surface area contributed by atoms with Crippen LogP contribution in [0.4, 0.5) is 13.2 Å². The molecule has 1 fully saturated rings. The maximum Gasteiger partial charge on any atom is 0.389 e. The van der Waals surface area contributed by atoms with Crippen LogP contribution in [0.5, 0.6) is 0 Å². The Morgan fingerprint density at radius 1 is 1.37 bits per heavy atom. The molecule has 0 spiro atoms. The summed E-state index contributed by atoms with van der Waals surface area (Å²) in [5.41, 5.74) is 5.51. The molecule has 0 heterocycles. The molecule has 19 heavy (non-hydrogen) atoms. The molecular formula is C10H17F3N2O2S2. The fourth-order valence-corrected chi connectivity index (χ4v) is 3.86. The minimum absolute atomic E-state index is 0.201. The van der Waals surface area contributed by atoms with E-state index < -0.39 is 34.8 Å². The fourth-order valence-electron chi connectivity index (χ4n) is 2.19. The first-order valence-electron chi connectivity index (χ1n) is 5.97. The van der Waals surface area contributed by atoms with Crippen LogP contribution < -0.4 is 10.5 Å². The lowest BCUT2D eigenvalue weighted by Crippen LogP contribution is -2.42. The Hall–Kier alpha value is -0.410. The molecule has 0 aromatic rings.